The van der Waals surface area contributed by atoms with Gasteiger partial charge in [-0.05, 0) is 37.6 Å². The Bertz CT molecular complexity index is 393. The van der Waals surface area contributed by atoms with E-state index in [1.54, 1.807) is 0 Å². The molecule has 0 aliphatic carbocycles. The van der Waals surface area contributed by atoms with E-state index >= 15 is 0 Å². The first-order chi connectivity index (χ1) is 10.2. The van der Waals surface area contributed by atoms with Crippen molar-refractivity contribution in [2.24, 2.45) is 0 Å². The highest BCUT2D eigenvalue weighted by Crippen LogP contribution is 2.24. The van der Waals surface area contributed by atoms with Gasteiger partial charge in [0.2, 0.25) is 0 Å². The third-order valence-corrected chi connectivity index (χ3v) is 3.82. The number of benzene rings is 1. The van der Waals surface area contributed by atoms with Gasteiger partial charge in [-0.15, -0.1) is 0 Å². The van der Waals surface area contributed by atoms with Crippen molar-refractivity contribution in [2.75, 3.05) is 6.54 Å². The molecule has 3 heteroatoms. The van der Waals surface area contributed by atoms with E-state index in [0.29, 0.717) is 5.56 Å². The van der Waals surface area contributed by atoms with Crippen molar-refractivity contribution in [1.82, 2.24) is 5.32 Å². The predicted octanol–water partition coefficient (Wildman–Crippen LogP) is 5.76. The molecular formula is C18H29F2N. The number of hydrogen-bond acceptors (Lipinski definition) is 1. The van der Waals surface area contributed by atoms with Crippen LogP contribution in [0.4, 0.5) is 8.78 Å². The Labute approximate surface area is 128 Å². The van der Waals surface area contributed by atoms with Gasteiger partial charge in [-0.3, -0.25) is 0 Å². The Kier molecular flexibility index (Phi) is 9.24. The molecule has 1 nitrogen and oxygen atoms in total. The van der Waals surface area contributed by atoms with Gasteiger partial charge in [0.1, 0.15) is 11.6 Å². The molecule has 21 heavy (non-hydrogen) atoms. The fraction of sp³-hybridized carbons (Fsp3) is 0.667. The molecule has 0 amide bonds. The minimum Gasteiger partial charge on any atom is -0.310 e. The normalized spacial score (nSPS) is 12.6. The van der Waals surface area contributed by atoms with Crippen molar-refractivity contribution in [3.8, 4) is 0 Å². The second kappa shape index (κ2) is 10.7. The van der Waals surface area contributed by atoms with Gasteiger partial charge >= 0.3 is 0 Å². The van der Waals surface area contributed by atoms with Crippen molar-refractivity contribution in [3.05, 3.63) is 35.4 Å². The molecule has 0 saturated heterocycles. The van der Waals surface area contributed by atoms with Gasteiger partial charge in [0.25, 0.3) is 0 Å². The summed E-state index contributed by atoms with van der Waals surface area (Å²) in [6, 6.07) is 3.67. The standard InChI is InChI=1S/C18H29F2N/c1-3-5-6-7-8-9-10-18(21-13-4-2)16-14-15(19)11-12-17(16)20/h11-12,14,18,21H,3-10,13H2,1-2H3. The summed E-state index contributed by atoms with van der Waals surface area (Å²) >= 11 is 0. The smallest absolute Gasteiger partial charge is 0.128 e. The van der Waals surface area contributed by atoms with Crippen LogP contribution >= 0.6 is 0 Å². The summed E-state index contributed by atoms with van der Waals surface area (Å²) in [5.41, 5.74) is 0.469. The molecule has 0 aliphatic rings. The summed E-state index contributed by atoms with van der Waals surface area (Å²) in [6.07, 6.45) is 9.13. The molecule has 0 heterocycles. The fourth-order valence-electron chi connectivity index (χ4n) is 2.60. The topological polar surface area (TPSA) is 12.0 Å². The third-order valence-electron chi connectivity index (χ3n) is 3.82. The highest BCUT2D eigenvalue weighted by atomic mass is 19.1. The summed E-state index contributed by atoms with van der Waals surface area (Å²) in [5, 5.41) is 3.35. The lowest BCUT2D eigenvalue weighted by atomic mass is 9.98. The average molecular weight is 297 g/mol. The largest absolute Gasteiger partial charge is 0.310 e. The van der Waals surface area contributed by atoms with Crippen molar-refractivity contribution in [1.29, 1.82) is 0 Å². The molecule has 0 aromatic heterocycles. The van der Waals surface area contributed by atoms with Crippen LogP contribution < -0.4 is 5.32 Å². The van der Waals surface area contributed by atoms with Crippen molar-refractivity contribution in [2.45, 2.75) is 71.3 Å². The minimum atomic E-state index is -0.363. The SMILES string of the molecule is CCCCCCCCC(NCCC)c1cc(F)ccc1F. The van der Waals surface area contributed by atoms with E-state index < -0.39 is 0 Å². The maximum Gasteiger partial charge on any atom is 0.128 e. The lowest BCUT2D eigenvalue weighted by molar-refractivity contribution is 0.445. The van der Waals surface area contributed by atoms with Crippen LogP contribution in [0.25, 0.3) is 0 Å². The van der Waals surface area contributed by atoms with Crippen LogP contribution in [-0.2, 0) is 0 Å². The monoisotopic (exact) mass is 297 g/mol. The van der Waals surface area contributed by atoms with E-state index in [0.717, 1.165) is 25.8 Å². The van der Waals surface area contributed by atoms with Gasteiger partial charge < -0.3 is 5.32 Å². The zero-order valence-corrected chi connectivity index (χ0v) is 13.4. The molecule has 1 atom stereocenters. The van der Waals surface area contributed by atoms with E-state index in [-0.39, 0.29) is 17.7 Å². The van der Waals surface area contributed by atoms with E-state index in [9.17, 15) is 8.78 Å². The van der Waals surface area contributed by atoms with Gasteiger partial charge in [-0.25, -0.2) is 8.78 Å². The van der Waals surface area contributed by atoms with E-state index in [4.69, 9.17) is 0 Å². The summed E-state index contributed by atoms with van der Waals surface area (Å²) in [7, 11) is 0. The Balaban J connectivity index is 2.52. The number of hydrogen-bond donors (Lipinski definition) is 1. The minimum absolute atomic E-state index is 0.0770. The molecule has 0 aliphatic heterocycles. The van der Waals surface area contributed by atoms with Crippen LogP contribution in [0, 0.1) is 11.6 Å². The van der Waals surface area contributed by atoms with Gasteiger partial charge in [0.15, 0.2) is 0 Å². The van der Waals surface area contributed by atoms with Gasteiger partial charge in [-0.2, -0.15) is 0 Å². The Hall–Kier alpha value is -0.960. The summed E-state index contributed by atoms with van der Waals surface area (Å²) in [5.74, 6) is -0.673. The first-order valence-corrected chi connectivity index (χ1v) is 8.37. The van der Waals surface area contributed by atoms with Gasteiger partial charge in [0.05, 0.1) is 0 Å². The molecule has 0 radical (unpaired) electrons. The van der Waals surface area contributed by atoms with Crippen LogP contribution in [0.3, 0.4) is 0 Å². The van der Waals surface area contributed by atoms with Crippen molar-refractivity contribution < 1.29 is 8.78 Å². The van der Waals surface area contributed by atoms with Crippen LogP contribution in [-0.4, -0.2) is 6.54 Å². The molecule has 1 unspecified atom stereocenters. The van der Waals surface area contributed by atoms with Gasteiger partial charge in [-0.1, -0.05) is 52.4 Å². The van der Waals surface area contributed by atoms with Crippen LogP contribution in [0.1, 0.15) is 76.8 Å². The molecule has 1 rings (SSSR count). The van der Waals surface area contributed by atoms with Gasteiger partial charge in [0, 0.05) is 11.6 Å². The predicted molar refractivity (Wildman–Crippen MR) is 85.4 cm³/mol. The second-order valence-corrected chi connectivity index (χ2v) is 5.73. The second-order valence-electron chi connectivity index (χ2n) is 5.73. The van der Waals surface area contributed by atoms with Crippen LogP contribution in [0.5, 0.6) is 0 Å². The maximum atomic E-state index is 13.9. The first-order valence-electron chi connectivity index (χ1n) is 8.37. The molecule has 1 aromatic carbocycles. The lowest BCUT2D eigenvalue weighted by Gasteiger charge is -2.19. The Morgan fingerprint density at radius 3 is 2.38 bits per heavy atom. The average Bonchev–Trinajstić information content (AvgIpc) is 2.48. The summed E-state index contributed by atoms with van der Waals surface area (Å²) in [6.45, 7) is 5.12. The fourth-order valence-corrected chi connectivity index (χ4v) is 2.60. The zero-order chi connectivity index (χ0) is 15.5. The summed E-state index contributed by atoms with van der Waals surface area (Å²) in [4.78, 5) is 0. The molecule has 0 fully saturated rings. The van der Waals surface area contributed by atoms with Crippen LogP contribution in [0.15, 0.2) is 18.2 Å². The number of nitrogens with one attached hydrogen (secondary N) is 1. The quantitative estimate of drug-likeness (QED) is 0.512. The molecular weight excluding hydrogens is 268 g/mol. The Morgan fingerprint density at radius 1 is 0.952 bits per heavy atom. The van der Waals surface area contributed by atoms with Crippen molar-refractivity contribution in [3.63, 3.8) is 0 Å². The van der Waals surface area contributed by atoms with E-state index in [1.807, 2.05) is 0 Å². The molecule has 0 saturated carbocycles. The van der Waals surface area contributed by atoms with E-state index in [1.165, 1.54) is 50.3 Å². The molecule has 0 spiro atoms. The lowest BCUT2D eigenvalue weighted by Crippen LogP contribution is -2.23. The highest BCUT2D eigenvalue weighted by molar-refractivity contribution is 5.22. The first kappa shape index (κ1) is 18.1. The van der Waals surface area contributed by atoms with Crippen LogP contribution in [0.2, 0.25) is 0 Å². The number of unbranched alkanes of at least 4 members (excludes halogenated alkanes) is 5. The third kappa shape index (κ3) is 7.03. The summed E-state index contributed by atoms with van der Waals surface area (Å²) < 4.78 is 27.3. The van der Waals surface area contributed by atoms with Crippen molar-refractivity contribution >= 4 is 0 Å². The molecule has 0 bridgehead atoms. The zero-order valence-electron chi connectivity index (χ0n) is 13.4. The van der Waals surface area contributed by atoms with E-state index in [2.05, 4.69) is 19.2 Å². The molecule has 1 N–H and O–H groups in total. The highest BCUT2D eigenvalue weighted by Gasteiger charge is 2.15. The molecule has 1 aromatic rings. The molecule has 120 valence electrons. The maximum absolute atomic E-state index is 13.9. The number of halogens is 2. The Morgan fingerprint density at radius 2 is 1.67 bits per heavy atom. The number of rotatable bonds is 11.